The Bertz CT molecular complexity index is 369. The predicted octanol–water partition coefficient (Wildman–Crippen LogP) is 1.62. The molecule has 0 fully saturated rings. The Kier molecular flexibility index (Phi) is 6.64. The van der Waals surface area contributed by atoms with Crippen molar-refractivity contribution in [2.75, 3.05) is 13.7 Å². The third-order valence-corrected chi connectivity index (χ3v) is 2.52. The molecular weight excluding hydrogens is 232 g/mol. The molecule has 1 aromatic carbocycles. The van der Waals surface area contributed by atoms with E-state index in [1.165, 1.54) is 0 Å². The smallest absolute Gasteiger partial charge is 0.233 e. The van der Waals surface area contributed by atoms with Crippen LogP contribution < -0.4 is 20.7 Å². The average molecular weight is 252 g/mol. The number of ether oxygens (including phenoxy) is 2. The number of carbonyl (C=O) groups is 1. The first kappa shape index (κ1) is 14.3. The number of rotatable bonds is 8. The highest BCUT2D eigenvalue weighted by Gasteiger charge is 1.99. The Balaban J connectivity index is 2.12. The van der Waals surface area contributed by atoms with Crippen molar-refractivity contribution in [2.24, 2.45) is 5.84 Å². The Morgan fingerprint density at radius 3 is 2.78 bits per heavy atom. The molecule has 100 valence electrons. The molecule has 5 heteroatoms. The quantitative estimate of drug-likeness (QED) is 0.319. The molecule has 0 aliphatic heterocycles. The SMILES string of the molecule is COc1cccc(OCCCCCC(=O)NN)c1. The second kappa shape index (κ2) is 8.36. The average Bonchev–Trinajstić information content (AvgIpc) is 2.42. The zero-order valence-electron chi connectivity index (χ0n) is 10.6. The molecule has 0 bridgehead atoms. The van der Waals surface area contributed by atoms with Gasteiger partial charge in [0.15, 0.2) is 0 Å². The van der Waals surface area contributed by atoms with Gasteiger partial charge in [-0.05, 0) is 31.4 Å². The summed E-state index contributed by atoms with van der Waals surface area (Å²) in [5.74, 6) is 6.44. The van der Waals surface area contributed by atoms with Gasteiger partial charge >= 0.3 is 0 Å². The number of amides is 1. The summed E-state index contributed by atoms with van der Waals surface area (Å²) in [5.41, 5.74) is 2.11. The molecule has 0 atom stereocenters. The Morgan fingerprint density at radius 1 is 1.28 bits per heavy atom. The first-order chi connectivity index (χ1) is 8.76. The van der Waals surface area contributed by atoms with Crippen LogP contribution in [0.4, 0.5) is 0 Å². The van der Waals surface area contributed by atoms with Crippen LogP contribution in [0.2, 0.25) is 0 Å². The molecule has 0 spiro atoms. The minimum atomic E-state index is -0.122. The third kappa shape index (κ3) is 5.54. The molecular formula is C13H20N2O3. The lowest BCUT2D eigenvalue weighted by Crippen LogP contribution is -2.29. The number of hydrogen-bond acceptors (Lipinski definition) is 4. The van der Waals surface area contributed by atoms with E-state index >= 15 is 0 Å². The van der Waals surface area contributed by atoms with Gasteiger partial charge in [-0.25, -0.2) is 5.84 Å². The van der Waals surface area contributed by atoms with Crippen molar-refractivity contribution in [1.82, 2.24) is 5.43 Å². The van der Waals surface area contributed by atoms with E-state index in [4.69, 9.17) is 15.3 Å². The second-order valence-electron chi connectivity index (χ2n) is 3.91. The normalized spacial score (nSPS) is 9.89. The van der Waals surface area contributed by atoms with Gasteiger partial charge in [0.1, 0.15) is 11.5 Å². The Morgan fingerprint density at radius 2 is 2.06 bits per heavy atom. The Labute approximate surface area is 107 Å². The number of benzene rings is 1. The van der Waals surface area contributed by atoms with Crippen molar-refractivity contribution in [3.63, 3.8) is 0 Å². The van der Waals surface area contributed by atoms with E-state index in [-0.39, 0.29) is 5.91 Å². The number of hydrazine groups is 1. The van der Waals surface area contributed by atoms with E-state index in [2.05, 4.69) is 5.43 Å². The summed E-state index contributed by atoms with van der Waals surface area (Å²) in [7, 11) is 1.63. The summed E-state index contributed by atoms with van der Waals surface area (Å²) < 4.78 is 10.7. The molecule has 18 heavy (non-hydrogen) atoms. The first-order valence-corrected chi connectivity index (χ1v) is 6.02. The van der Waals surface area contributed by atoms with Crippen molar-refractivity contribution < 1.29 is 14.3 Å². The molecule has 3 N–H and O–H groups in total. The van der Waals surface area contributed by atoms with E-state index in [1.54, 1.807) is 7.11 Å². The molecule has 5 nitrogen and oxygen atoms in total. The van der Waals surface area contributed by atoms with Crippen LogP contribution in [-0.4, -0.2) is 19.6 Å². The maximum absolute atomic E-state index is 10.9. The van der Waals surface area contributed by atoms with Crippen molar-refractivity contribution in [1.29, 1.82) is 0 Å². The zero-order chi connectivity index (χ0) is 13.2. The van der Waals surface area contributed by atoms with E-state index in [0.29, 0.717) is 13.0 Å². The summed E-state index contributed by atoms with van der Waals surface area (Å²) in [6.07, 6.45) is 3.15. The number of carbonyl (C=O) groups excluding carboxylic acids is 1. The van der Waals surface area contributed by atoms with Crippen LogP contribution in [0, 0.1) is 0 Å². The molecule has 1 amide bonds. The lowest BCUT2D eigenvalue weighted by atomic mass is 10.2. The largest absolute Gasteiger partial charge is 0.497 e. The fourth-order valence-electron chi connectivity index (χ4n) is 1.52. The van der Waals surface area contributed by atoms with Crippen LogP contribution in [0.5, 0.6) is 11.5 Å². The summed E-state index contributed by atoms with van der Waals surface area (Å²) in [5, 5.41) is 0. The van der Waals surface area contributed by atoms with Gasteiger partial charge in [0.05, 0.1) is 13.7 Å². The van der Waals surface area contributed by atoms with Crippen LogP contribution >= 0.6 is 0 Å². The van der Waals surface area contributed by atoms with Crippen molar-refractivity contribution >= 4 is 5.91 Å². The summed E-state index contributed by atoms with van der Waals surface area (Å²) in [6, 6.07) is 7.50. The van der Waals surface area contributed by atoms with E-state index < -0.39 is 0 Å². The van der Waals surface area contributed by atoms with Crippen molar-refractivity contribution in [2.45, 2.75) is 25.7 Å². The second-order valence-corrected chi connectivity index (χ2v) is 3.91. The van der Waals surface area contributed by atoms with Crippen molar-refractivity contribution in [3.8, 4) is 11.5 Å². The molecule has 1 rings (SSSR count). The standard InChI is InChI=1S/C13H20N2O3/c1-17-11-6-5-7-12(10-11)18-9-4-2-3-8-13(16)15-14/h5-7,10H,2-4,8-9,14H2,1H3,(H,15,16). The van der Waals surface area contributed by atoms with Crippen LogP contribution in [0.1, 0.15) is 25.7 Å². The fourth-order valence-corrected chi connectivity index (χ4v) is 1.52. The van der Waals surface area contributed by atoms with Gasteiger partial charge in [-0.15, -0.1) is 0 Å². The minimum absolute atomic E-state index is 0.122. The van der Waals surface area contributed by atoms with Gasteiger partial charge in [-0.3, -0.25) is 10.2 Å². The lowest BCUT2D eigenvalue weighted by molar-refractivity contribution is -0.121. The number of unbranched alkanes of at least 4 members (excludes halogenated alkanes) is 2. The van der Waals surface area contributed by atoms with E-state index in [0.717, 1.165) is 30.8 Å². The monoisotopic (exact) mass is 252 g/mol. The number of nitrogens with two attached hydrogens (primary N) is 1. The summed E-state index contributed by atoms with van der Waals surface area (Å²) in [6.45, 7) is 0.636. The van der Waals surface area contributed by atoms with Crippen LogP contribution in [0.15, 0.2) is 24.3 Å². The topological polar surface area (TPSA) is 73.6 Å². The van der Waals surface area contributed by atoms with Crippen LogP contribution in [-0.2, 0) is 4.79 Å². The lowest BCUT2D eigenvalue weighted by Gasteiger charge is -2.07. The summed E-state index contributed by atoms with van der Waals surface area (Å²) >= 11 is 0. The van der Waals surface area contributed by atoms with Crippen LogP contribution in [0.3, 0.4) is 0 Å². The van der Waals surface area contributed by atoms with E-state index in [1.807, 2.05) is 24.3 Å². The minimum Gasteiger partial charge on any atom is -0.497 e. The molecule has 0 aromatic heterocycles. The molecule has 1 aromatic rings. The molecule has 0 radical (unpaired) electrons. The van der Waals surface area contributed by atoms with Gasteiger partial charge in [0, 0.05) is 12.5 Å². The highest BCUT2D eigenvalue weighted by molar-refractivity contribution is 5.74. The number of hydrogen-bond donors (Lipinski definition) is 2. The summed E-state index contributed by atoms with van der Waals surface area (Å²) in [4.78, 5) is 10.9. The maximum Gasteiger partial charge on any atom is 0.233 e. The maximum atomic E-state index is 10.9. The van der Waals surface area contributed by atoms with Gasteiger partial charge in [-0.2, -0.15) is 0 Å². The highest BCUT2D eigenvalue weighted by atomic mass is 16.5. The fraction of sp³-hybridized carbons (Fsp3) is 0.462. The van der Waals surface area contributed by atoms with Crippen LogP contribution in [0.25, 0.3) is 0 Å². The predicted molar refractivity (Wildman–Crippen MR) is 69.3 cm³/mol. The number of nitrogens with one attached hydrogen (secondary N) is 1. The van der Waals surface area contributed by atoms with Gasteiger partial charge in [0.25, 0.3) is 0 Å². The molecule has 0 heterocycles. The zero-order valence-corrected chi connectivity index (χ0v) is 10.6. The van der Waals surface area contributed by atoms with Crippen molar-refractivity contribution in [3.05, 3.63) is 24.3 Å². The van der Waals surface area contributed by atoms with E-state index in [9.17, 15) is 4.79 Å². The first-order valence-electron chi connectivity index (χ1n) is 6.02. The van der Waals surface area contributed by atoms with Gasteiger partial charge < -0.3 is 9.47 Å². The van der Waals surface area contributed by atoms with Gasteiger partial charge in [0.2, 0.25) is 5.91 Å². The molecule has 0 saturated heterocycles. The molecule has 0 aliphatic carbocycles. The third-order valence-electron chi connectivity index (χ3n) is 2.52. The van der Waals surface area contributed by atoms with Gasteiger partial charge in [-0.1, -0.05) is 6.07 Å². The molecule has 0 saturated carbocycles. The molecule has 0 unspecified atom stereocenters. The molecule has 0 aliphatic rings. The Hall–Kier alpha value is -1.75. The number of methoxy groups -OCH3 is 1. The highest BCUT2D eigenvalue weighted by Crippen LogP contribution is 2.19.